The molecule has 3 aliphatic rings. The zero-order chi connectivity index (χ0) is 18.2. The van der Waals surface area contributed by atoms with E-state index >= 15 is 0 Å². The van der Waals surface area contributed by atoms with Crippen molar-refractivity contribution in [2.24, 2.45) is 5.92 Å². The molecule has 1 atom stereocenters. The molecule has 1 amide bonds. The smallest absolute Gasteiger partial charge is 0.287 e. The summed E-state index contributed by atoms with van der Waals surface area (Å²) in [5.41, 5.74) is 3.01. The maximum absolute atomic E-state index is 12.7. The highest BCUT2D eigenvalue weighted by Gasteiger charge is 2.35. The van der Waals surface area contributed by atoms with Crippen LogP contribution in [0.1, 0.15) is 23.4 Å². The number of rotatable bonds is 4. The summed E-state index contributed by atoms with van der Waals surface area (Å²) in [5.74, 6) is 1.54. The summed E-state index contributed by atoms with van der Waals surface area (Å²) >= 11 is 0. The molecule has 2 aromatic heterocycles. The monoisotopic (exact) mass is 362 g/mol. The normalized spacial score (nSPS) is 24.1. The number of hydrogen-bond acceptors (Lipinski definition) is 4. The molecule has 0 spiro atoms. The topological polar surface area (TPSA) is 58.6 Å². The molecule has 0 aliphatic carbocycles. The van der Waals surface area contributed by atoms with E-state index in [9.17, 15) is 4.79 Å². The molecule has 6 rings (SSSR count). The van der Waals surface area contributed by atoms with Crippen LogP contribution in [0.4, 0.5) is 0 Å². The van der Waals surface area contributed by atoms with Crippen molar-refractivity contribution >= 4 is 5.91 Å². The van der Waals surface area contributed by atoms with E-state index in [2.05, 4.69) is 10.2 Å². The van der Waals surface area contributed by atoms with Gasteiger partial charge in [0, 0.05) is 23.7 Å². The van der Waals surface area contributed by atoms with Crippen LogP contribution in [0.5, 0.6) is 0 Å². The molecule has 3 aliphatic heterocycles. The number of nitrogens with one attached hydrogen (secondary N) is 1. The number of benzene rings is 1. The van der Waals surface area contributed by atoms with Crippen molar-refractivity contribution in [1.82, 2.24) is 10.2 Å². The second kappa shape index (κ2) is 6.74. The van der Waals surface area contributed by atoms with Gasteiger partial charge in [-0.3, -0.25) is 4.79 Å². The lowest BCUT2D eigenvalue weighted by atomic mass is 9.84. The van der Waals surface area contributed by atoms with E-state index in [1.54, 1.807) is 18.6 Å². The average molecular weight is 362 g/mol. The third-order valence-electron chi connectivity index (χ3n) is 5.80. The summed E-state index contributed by atoms with van der Waals surface area (Å²) in [6, 6.07) is 13.8. The van der Waals surface area contributed by atoms with Crippen LogP contribution in [0, 0.1) is 5.92 Å². The Hall–Kier alpha value is -2.79. The van der Waals surface area contributed by atoms with Crippen LogP contribution in [0.15, 0.2) is 63.8 Å². The van der Waals surface area contributed by atoms with Crippen molar-refractivity contribution in [3.05, 3.63) is 60.8 Å². The second-order valence-electron chi connectivity index (χ2n) is 7.47. The minimum Gasteiger partial charge on any atom is -0.472 e. The summed E-state index contributed by atoms with van der Waals surface area (Å²) in [5, 5.41) is 3.18. The van der Waals surface area contributed by atoms with E-state index in [4.69, 9.17) is 8.83 Å². The van der Waals surface area contributed by atoms with Gasteiger partial charge < -0.3 is 19.1 Å². The van der Waals surface area contributed by atoms with Crippen LogP contribution < -0.4 is 5.32 Å². The van der Waals surface area contributed by atoms with Crippen molar-refractivity contribution in [1.29, 1.82) is 0 Å². The maximum atomic E-state index is 12.7. The highest BCUT2D eigenvalue weighted by atomic mass is 16.4. The molecule has 27 heavy (non-hydrogen) atoms. The lowest BCUT2D eigenvalue weighted by Gasteiger charge is -2.44. The Bertz CT molecular complexity index is 936. The first-order chi connectivity index (χ1) is 13.3. The fourth-order valence-corrected chi connectivity index (χ4v) is 4.26. The minimum atomic E-state index is -0.119. The average Bonchev–Trinajstić information content (AvgIpc) is 3.41. The van der Waals surface area contributed by atoms with E-state index in [0.29, 0.717) is 17.4 Å². The van der Waals surface area contributed by atoms with Crippen molar-refractivity contribution in [2.45, 2.75) is 18.9 Å². The predicted octanol–water partition coefficient (Wildman–Crippen LogP) is 4.03. The first-order valence-corrected chi connectivity index (χ1v) is 9.52. The molecule has 1 N–H and O–H groups in total. The molecule has 5 nitrogen and oxygen atoms in total. The quantitative estimate of drug-likeness (QED) is 0.761. The van der Waals surface area contributed by atoms with Crippen molar-refractivity contribution < 1.29 is 13.6 Å². The summed E-state index contributed by atoms with van der Waals surface area (Å²) in [4.78, 5) is 15.1. The van der Waals surface area contributed by atoms with Gasteiger partial charge in [-0.2, -0.15) is 0 Å². The molecule has 0 radical (unpaired) electrons. The first-order valence-electron chi connectivity index (χ1n) is 9.52. The summed E-state index contributed by atoms with van der Waals surface area (Å²) in [7, 11) is 0. The Kier molecular flexibility index (Phi) is 4.09. The Morgan fingerprint density at radius 1 is 1.04 bits per heavy atom. The summed E-state index contributed by atoms with van der Waals surface area (Å²) in [6.45, 7) is 3.28. The van der Waals surface area contributed by atoms with E-state index < -0.39 is 0 Å². The van der Waals surface area contributed by atoms with E-state index in [1.807, 2.05) is 36.4 Å². The maximum Gasteiger partial charge on any atom is 0.287 e. The zero-order valence-electron chi connectivity index (χ0n) is 15.1. The molecule has 2 bridgehead atoms. The first kappa shape index (κ1) is 16.4. The molecule has 1 unspecified atom stereocenters. The Morgan fingerprint density at radius 2 is 1.89 bits per heavy atom. The Balaban J connectivity index is 1.32. The largest absolute Gasteiger partial charge is 0.472 e. The molecule has 5 heteroatoms. The number of nitrogens with zero attached hydrogens (tertiary/aromatic N) is 1. The zero-order valence-corrected chi connectivity index (χ0v) is 15.1. The number of hydrogen-bond donors (Lipinski definition) is 1. The van der Waals surface area contributed by atoms with Gasteiger partial charge in [0.15, 0.2) is 5.76 Å². The van der Waals surface area contributed by atoms with E-state index in [0.717, 1.165) is 36.3 Å². The SMILES string of the molecule is O=C(NC1CN2CCC1CC2)c1ccc(-c2cccc(-c3ccoc3)c2)o1. The van der Waals surface area contributed by atoms with Crippen LogP contribution in [-0.4, -0.2) is 36.5 Å². The minimum absolute atomic E-state index is 0.119. The van der Waals surface area contributed by atoms with Gasteiger partial charge in [-0.15, -0.1) is 0 Å². The molecular formula is C22H22N2O3. The standard InChI is InChI=1S/C22H22N2O3/c25-22(23-19-13-24-9-6-15(19)7-10-24)21-5-4-20(27-21)17-3-1-2-16(12-17)18-8-11-26-14-18/h1-5,8,11-12,14-15,19H,6-7,9-10,13H2,(H,23,25). The molecule has 138 valence electrons. The Labute approximate surface area is 158 Å². The molecule has 5 heterocycles. The van der Waals surface area contributed by atoms with Crippen LogP contribution in [-0.2, 0) is 0 Å². The number of piperidine rings is 3. The molecule has 1 aromatic carbocycles. The van der Waals surface area contributed by atoms with Gasteiger partial charge in [0.1, 0.15) is 5.76 Å². The third-order valence-corrected chi connectivity index (χ3v) is 5.80. The lowest BCUT2D eigenvalue weighted by Crippen LogP contribution is -2.57. The summed E-state index contributed by atoms with van der Waals surface area (Å²) < 4.78 is 11.0. The number of amides is 1. The molecular weight excluding hydrogens is 340 g/mol. The van der Waals surface area contributed by atoms with Gasteiger partial charge in [-0.1, -0.05) is 18.2 Å². The van der Waals surface area contributed by atoms with Gasteiger partial charge in [0.25, 0.3) is 5.91 Å². The van der Waals surface area contributed by atoms with Crippen molar-refractivity contribution in [3.8, 4) is 22.5 Å². The fourth-order valence-electron chi connectivity index (χ4n) is 4.26. The highest BCUT2D eigenvalue weighted by Crippen LogP contribution is 2.29. The van der Waals surface area contributed by atoms with Crippen LogP contribution in [0.2, 0.25) is 0 Å². The second-order valence-corrected chi connectivity index (χ2v) is 7.47. The molecule has 3 fully saturated rings. The molecule has 3 aromatic rings. The third kappa shape index (κ3) is 3.19. The van der Waals surface area contributed by atoms with Crippen molar-refractivity contribution in [2.75, 3.05) is 19.6 Å². The van der Waals surface area contributed by atoms with Crippen molar-refractivity contribution in [3.63, 3.8) is 0 Å². The van der Waals surface area contributed by atoms with Gasteiger partial charge in [-0.25, -0.2) is 0 Å². The van der Waals surface area contributed by atoms with E-state index in [1.165, 1.54) is 12.8 Å². The van der Waals surface area contributed by atoms with Gasteiger partial charge in [0.05, 0.1) is 12.5 Å². The lowest BCUT2D eigenvalue weighted by molar-refractivity contribution is 0.0606. The Morgan fingerprint density at radius 3 is 2.63 bits per heavy atom. The summed E-state index contributed by atoms with van der Waals surface area (Å²) in [6.07, 6.45) is 5.73. The number of carbonyl (C=O) groups is 1. The van der Waals surface area contributed by atoms with Gasteiger partial charge >= 0.3 is 0 Å². The number of fused-ring (bicyclic) bond motifs is 3. The van der Waals surface area contributed by atoms with E-state index in [-0.39, 0.29) is 11.9 Å². The predicted molar refractivity (Wildman–Crippen MR) is 102 cm³/mol. The van der Waals surface area contributed by atoms with Crippen LogP contribution in [0.25, 0.3) is 22.5 Å². The van der Waals surface area contributed by atoms with Crippen LogP contribution >= 0.6 is 0 Å². The number of carbonyl (C=O) groups excluding carboxylic acids is 1. The molecule has 3 saturated heterocycles. The van der Waals surface area contributed by atoms with Crippen LogP contribution in [0.3, 0.4) is 0 Å². The molecule has 0 saturated carbocycles. The number of furan rings is 2. The van der Waals surface area contributed by atoms with Gasteiger partial charge in [0.2, 0.25) is 0 Å². The highest BCUT2D eigenvalue weighted by molar-refractivity contribution is 5.92. The fraction of sp³-hybridized carbons (Fsp3) is 0.318. The van der Waals surface area contributed by atoms with Gasteiger partial charge in [-0.05, 0) is 61.7 Å².